The summed E-state index contributed by atoms with van der Waals surface area (Å²) in [5.74, 6) is 0. The highest BCUT2D eigenvalue weighted by Crippen LogP contribution is 2.22. The number of hydrogen-bond donors (Lipinski definition) is 2. The molecular formula is C9H17FN2. The highest BCUT2D eigenvalue weighted by atomic mass is 19.1. The Kier molecular flexibility index (Phi) is 2.33. The third kappa shape index (κ3) is 1.77. The monoisotopic (exact) mass is 172 g/mol. The van der Waals surface area contributed by atoms with Crippen LogP contribution in [0.25, 0.3) is 0 Å². The van der Waals surface area contributed by atoms with Gasteiger partial charge in [-0.15, -0.1) is 0 Å². The van der Waals surface area contributed by atoms with Crippen molar-refractivity contribution in [3.05, 3.63) is 0 Å². The van der Waals surface area contributed by atoms with Gasteiger partial charge >= 0.3 is 0 Å². The Labute approximate surface area is 72.9 Å². The van der Waals surface area contributed by atoms with Crippen molar-refractivity contribution in [2.75, 3.05) is 19.6 Å². The standard InChI is InChI=1S/C9H17FN2/c10-9(4-5-11-6-9)7-12-8-2-1-3-8/h8,11-12H,1-7H2. The summed E-state index contributed by atoms with van der Waals surface area (Å²) in [5.41, 5.74) is -0.963. The van der Waals surface area contributed by atoms with Crippen molar-refractivity contribution in [2.24, 2.45) is 0 Å². The van der Waals surface area contributed by atoms with Gasteiger partial charge in [-0.1, -0.05) is 6.42 Å². The van der Waals surface area contributed by atoms with E-state index in [2.05, 4.69) is 10.6 Å². The molecule has 0 spiro atoms. The minimum Gasteiger partial charge on any atom is -0.313 e. The summed E-state index contributed by atoms with van der Waals surface area (Å²) in [6.07, 6.45) is 4.47. The summed E-state index contributed by atoms with van der Waals surface area (Å²) >= 11 is 0. The van der Waals surface area contributed by atoms with Gasteiger partial charge in [0.25, 0.3) is 0 Å². The van der Waals surface area contributed by atoms with Crippen molar-refractivity contribution in [3.63, 3.8) is 0 Å². The highest BCUT2D eigenvalue weighted by Gasteiger charge is 2.34. The number of alkyl halides is 1. The minimum atomic E-state index is -0.963. The zero-order valence-corrected chi connectivity index (χ0v) is 7.41. The Balaban J connectivity index is 1.70. The summed E-state index contributed by atoms with van der Waals surface area (Å²) < 4.78 is 13.7. The molecular weight excluding hydrogens is 155 g/mol. The molecule has 2 rings (SSSR count). The van der Waals surface area contributed by atoms with Crippen molar-refractivity contribution in [2.45, 2.75) is 37.4 Å². The van der Waals surface area contributed by atoms with E-state index in [1.54, 1.807) is 0 Å². The lowest BCUT2D eigenvalue weighted by molar-refractivity contribution is 0.167. The van der Waals surface area contributed by atoms with Gasteiger partial charge in [-0.05, 0) is 25.8 Å². The first-order chi connectivity index (χ1) is 5.79. The van der Waals surface area contributed by atoms with E-state index >= 15 is 0 Å². The Morgan fingerprint density at radius 3 is 2.83 bits per heavy atom. The second-order valence-electron chi connectivity index (χ2n) is 4.09. The number of hydrogen-bond acceptors (Lipinski definition) is 2. The van der Waals surface area contributed by atoms with Crippen LogP contribution in [0.4, 0.5) is 4.39 Å². The lowest BCUT2D eigenvalue weighted by Crippen LogP contribution is -2.45. The maximum Gasteiger partial charge on any atom is 0.136 e. The van der Waals surface area contributed by atoms with Crippen LogP contribution in [-0.2, 0) is 0 Å². The summed E-state index contributed by atoms with van der Waals surface area (Å²) in [4.78, 5) is 0. The van der Waals surface area contributed by atoms with Crippen molar-refractivity contribution in [3.8, 4) is 0 Å². The molecule has 1 unspecified atom stereocenters. The van der Waals surface area contributed by atoms with E-state index in [1.165, 1.54) is 19.3 Å². The van der Waals surface area contributed by atoms with Crippen LogP contribution >= 0.6 is 0 Å². The van der Waals surface area contributed by atoms with Gasteiger partial charge in [-0.2, -0.15) is 0 Å². The summed E-state index contributed by atoms with van der Waals surface area (Å²) in [6, 6.07) is 0.609. The first-order valence-electron chi connectivity index (χ1n) is 4.92. The van der Waals surface area contributed by atoms with E-state index in [9.17, 15) is 4.39 Å². The molecule has 70 valence electrons. The van der Waals surface area contributed by atoms with Gasteiger partial charge in [0.1, 0.15) is 5.67 Å². The summed E-state index contributed by atoms with van der Waals surface area (Å²) in [6.45, 7) is 1.92. The Bertz CT molecular complexity index is 151. The van der Waals surface area contributed by atoms with E-state index in [-0.39, 0.29) is 0 Å². The van der Waals surface area contributed by atoms with Crippen LogP contribution < -0.4 is 10.6 Å². The second kappa shape index (κ2) is 3.30. The largest absolute Gasteiger partial charge is 0.313 e. The Hall–Kier alpha value is -0.150. The Morgan fingerprint density at radius 2 is 2.33 bits per heavy atom. The van der Waals surface area contributed by atoms with Gasteiger partial charge in [-0.3, -0.25) is 0 Å². The third-order valence-corrected chi connectivity index (χ3v) is 3.00. The molecule has 0 aromatic rings. The molecule has 12 heavy (non-hydrogen) atoms. The van der Waals surface area contributed by atoms with Gasteiger partial charge in [0.15, 0.2) is 0 Å². The van der Waals surface area contributed by atoms with Gasteiger partial charge < -0.3 is 10.6 Å². The van der Waals surface area contributed by atoms with E-state index in [0.717, 1.165) is 6.54 Å². The molecule has 0 radical (unpaired) electrons. The normalized spacial score (nSPS) is 36.8. The zero-order chi connectivity index (χ0) is 8.44. The van der Waals surface area contributed by atoms with Crippen molar-refractivity contribution in [1.82, 2.24) is 10.6 Å². The second-order valence-corrected chi connectivity index (χ2v) is 4.09. The molecule has 2 nitrogen and oxygen atoms in total. The molecule has 2 fully saturated rings. The fraction of sp³-hybridized carbons (Fsp3) is 1.00. The first-order valence-corrected chi connectivity index (χ1v) is 4.92. The smallest absolute Gasteiger partial charge is 0.136 e. The van der Waals surface area contributed by atoms with E-state index in [1.807, 2.05) is 0 Å². The topological polar surface area (TPSA) is 24.1 Å². The molecule has 0 bridgehead atoms. The molecule has 2 N–H and O–H groups in total. The molecule has 0 aromatic heterocycles. The first kappa shape index (κ1) is 8.45. The molecule has 1 heterocycles. The molecule has 0 amide bonds. The van der Waals surface area contributed by atoms with Crippen LogP contribution in [0.5, 0.6) is 0 Å². The van der Waals surface area contributed by atoms with Crippen LogP contribution in [0.15, 0.2) is 0 Å². The average Bonchev–Trinajstić information content (AvgIpc) is 2.33. The minimum absolute atomic E-state index is 0.534. The number of rotatable bonds is 3. The number of nitrogens with one attached hydrogen (secondary N) is 2. The highest BCUT2D eigenvalue weighted by molar-refractivity contribution is 4.92. The fourth-order valence-corrected chi connectivity index (χ4v) is 1.80. The zero-order valence-electron chi connectivity index (χ0n) is 7.41. The maximum absolute atomic E-state index is 13.7. The summed E-state index contributed by atoms with van der Waals surface area (Å²) in [7, 11) is 0. The van der Waals surface area contributed by atoms with E-state index < -0.39 is 5.67 Å². The molecule has 2 aliphatic rings. The molecule has 1 atom stereocenters. The summed E-state index contributed by atoms with van der Waals surface area (Å²) in [5, 5.41) is 6.34. The van der Waals surface area contributed by atoms with Crippen molar-refractivity contribution < 1.29 is 4.39 Å². The van der Waals surface area contributed by atoms with Crippen molar-refractivity contribution in [1.29, 1.82) is 0 Å². The van der Waals surface area contributed by atoms with Crippen LogP contribution in [-0.4, -0.2) is 31.3 Å². The Morgan fingerprint density at radius 1 is 1.50 bits per heavy atom. The lowest BCUT2D eigenvalue weighted by atomic mass is 9.92. The van der Waals surface area contributed by atoms with E-state index in [0.29, 0.717) is 25.6 Å². The molecule has 1 saturated carbocycles. The number of halogens is 1. The van der Waals surface area contributed by atoms with Crippen LogP contribution in [0.2, 0.25) is 0 Å². The van der Waals surface area contributed by atoms with Crippen LogP contribution in [0.1, 0.15) is 25.7 Å². The van der Waals surface area contributed by atoms with Gasteiger partial charge in [0.05, 0.1) is 0 Å². The molecule has 1 aliphatic carbocycles. The molecule has 1 aliphatic heterocycles. The van der Waals surface area contributed by atoms with Crippen LogP contribution in [0, 0.1) is 0 Å². The van der Waals surface area contributed by atoms with Crippen molar-refractivity contribution >= 4 is 0 Å². The SMILES string of the molecule is FC1(CNC2CCC2)CCNC1. The van der Waals surface area contributed by atoms with E-state index in [4.69, 9.17) is 0 Å². The fourth-order valence-electron chi connectivity index (χ4n) is 1.80. The molecule has 3 heteroatoms. The van der Waals surface area contributed by atoms with Crippen LogP contribution in [0.3, 0.4) is 0 Å². The third-order valence-electron chi connectivity index (χ3n) is 3.00. The molecule has 1 saturated heterocycles. The predicted molar refractivity (Wildman–Crippen MR) is 47.0 cm³/mol. The molecule has 0 aromatic carbocycles. The maximum atomic E-state index is 13.7. The predicted octanol–water partition coefficient (Wildman–Crippen LogP) is 0.830. The van der Waals surface area contributed by atoms with Gasteiger partial charge in [0.2, 0.25) is 0 Å². The van der Waals surface area contributed by atoms with Gasteiger partial charge in [0, 0.05) is 19.1 Å². The average molecular weight is 172 g/mol. The quantitative estimate of drug-likeness (QED) is 0.659. The van der Waals surface area contributed by atoms with Gasteiger partial charge in [-0.25, -0.2) is 4.39 Å². The lowest BCUT2D eigenvalue weighted by Gasteiger charge is -2.29.